The zero-order chi connectivity index (χ0) is 47.9. The summed E-state index contributed by atoms with van der Waals surface area (Å²) >= 11 is 0. The van der Waals surface area contributed by atoms with Crippen LogP contribution in [0.25, 0.3) is 0 Å². The maximum Gasteiger partial charge on any atom is 0.306 e. The van der Waals surface area contributed by atoms with Crippen molar-refractivity contribution in [2.45, 2.75) is 316 Å². The van der Waals surface area contributed by atoms with E-state index in [0.29, 0.717) is 19.3 Å². The molecule has 6 nitrogen and oxygen atoms in total. The van der Waals surface area contributed by atoms with E-state index in [4.69, 9.17) is 14.2 Å². The largest absolute Gasteiger partial charge is 0.462 e. The molecule has 0 aliphatic heterocycles. The maximum atomic E-state index is 12.8. The first kappa shape index (κ1) is 63.6. The van der Waals surface area contributed by atoms with Gasteiger partial charge in [0.2, 0.25) is 0 Å². The van der Waals surface area contributed by atoms with Crippen LogP contribution in [0.3, 0.4) is 0 Å². The van der Waals surface area contributed by atoms with Gasteiger partial charge in [-0.15, -0.1) is 0 Å². The molecule has 0 radical (unpaired) electrons. The minimum atomic E-state index is -0.775. The Morgan fingerprint density at radius 2 is 0.545 bits per heavy atom. The number of unbranched alkanes of at least 4 members (excludes halogenated alkanes) is 36. The first-order valence-electron chi connectivity index (χ1n) is 29.0. The van der Waals surface area contributed by atoms with Gasteiger partial charge < -0.3 is 14.2 Å². The van der Waals surface area contributed by atoms with Gasteiger partial charge >= 0.3 is 17.9 Å². The van der Waals surface area contributed by atoms with Gasteiger partial charge in [-0.2, -0.15) is 0 Å². The minimum Gasteiger partial charge on any atom is -0.462 e. The molecule has 0 amide bonds. The van der Waals surface area contributed by atoms with Gasteiger partial charge in [-0.25, -0.2) is 0 Å². The van der Waals surface area contributed by atoms with Crippen LogP contribution in [0.1, 0.15) is 310 Å². The van der Waals surface area contributed by atoms with Gasteiger partial charge in [-0.1, -0.05) is 250 Å². The molecule has 66 heavy (non-hydrogen) atoms. The number of allylic oxidation sites excluding steroid dienone is 6. The fourth-order valence-electron chi connectivity index (χ4n) is 8.47. The summed E-state index contributed by atoms with van der Waals surface area (Å²) in [7, 11) is 0. The molecule has 1 atom stereocenters. The van der Waals surface area contributed by atoms with Crippen LogP contribution in [0, 0.1) is 0 Å². The number of hydrogen-bond donors (Lipinski definition) is 0. The van der Waals surface area contributed by atoms with Crippen LogP contribution in [0.5, 0.6) is 0 Å². The summed E-state index contributed by atoms with van der Waals surface area (Å²) in [6.07, 6.45) is 65.6. The average molecular weight is 928 g/mol. The SMILES string of the molecule is CCCCC/C=C\C/C=C\CCCCCCCCCCCC(=O)OC[C@@H](COC(=O)CCCCCCCCCCCCCCCC)OC(=O)CCCCCCC/C=C\CCCCCCCC. The lowest BCUT2D eigenvalue weighted by atomic mass is 10.0. The Morgan fingerprint density at radius 3 is 0.879 bits per heavy atom. The Kier molecular flexibility index (Phi) is 53.2. The molecule has 0 bridgehead atoms. The van der Waals surface area contributed by atoms with Gasteiger partial charge in [0.05, 0.1) is 0 Å². The molecule has 0 spiro atoms. The molecule has 0 saturated heterocycles. The third-order valence-corrected chi connectivity index (χ3v) is 12.9. The summed E-state index contributed by atoms with van der Waals surface area (Å²) in [6, 6.07) is 0. The summed E-state index contributed by atoms with van der Waals surface area (Å²) in [5, 5.41) is 0. The molecule has 6 heteroatoms. The van der Waals surface area contributed by atoms with Crippen LogP contribution >= 0.6 is 0 Å². The van der Waals surface area contributed by atoms with Crippen molar-refractivity contribution in [2.75, 3.05) is 13.2 Å². The Balaban J connectivity index is 4.34. The van der Waals surface area contributed by atoms with Crippen LogP contribution in [-0.2, 0) is 28.6 Å². The average Bonchev–Trinajstić information content (AvgIpc) is 3.31. The standard InChI is InChI=1S/C60H110O6/c1-4-7-10-13-16-19-22-25-28-29-30-31-33-35-38-41-44-47-50-53-59(62)65-56-57(55-64-58(61)52-49-46-43-40-37-34-27-24-21-18-15-12-9-6-3)66-60(63)54-51-48-45-42-39-36-32-26-23-20-17-14-11-8-5-2/h16,19,25-26,28,32,57H,4-15,17-18,20-24,27,29-31,33-56H2,1-3H3/b19-16-,28-25-,32-26-/t57-/m1/s1. The van der Waals surface area contributed by atoms with E-state index in [1.807, 2.05) is 0 Å². The third-order valence-electron chi connectivity index (χ3n) is 12.9. The molecule has 0 aromatic carbocycles. The van der Waals surface area contributed by atoms with Crippen molar-refractivity contribution in [3.05, 3.63) is 36.5 Å². The zero-order valence-electron chi connectivity index (χ0n) is 44.2. The van der Waals surface area contributed by atoms with Gasteiger partial charge in [-0.05, 0) is 77.0 Å². The second kappa shape index (κ2) is 55.2. The van der Waals surface area contributed by atoms with Crippen molar-refractivity contribution in [2.24, 2.45) is 0 Å². The quantitative estimate of drug-likeness (QED) is 0.0262. The number of ether oxygens (including phenoxy) is 3. The molecule has 0 fully saturated rings. The van der Waals surface area contributed by atoms with E-state index in [1.165, 1.54) is 199 Å². The van der Waals surface area contributed by atoms with Crippen molar-refractivity contribution in [1.29, 1.82) is 0 Å². The number of esters is 3. The molecule has 0 rings (SSSR count). The van der Waals surface area contributed by atoms with Crippen molar-refractivity contribution < 1.29 is 28.6 Å². The lowest BCUT2D eigenvalue weighted by Gasteiger charge is -2.18. The maximum absolute atomic E-state index is 12.8. The number of hydrogen-bond acceptors (Lipinski definition) is 6. The summed E-state index contributed by atoms with van der Waals surface area (Å²) in [5.41, 5.74) is 0. The van der Waals surface area contributed by atoms with E-state index in [9.17, 15) is 14.4 Å². The first-order chi connectivity index (χ1) is 32.5. The molecular formula is C60H110O6. The minimum absolute atomic E-state index is 0.0730. The molecule has 0 aliphatic rings. The van der Waals surface area contributed by atoms with Crippen LogP contribution in [0.15, 0.2) is 36.5 Å². The van der Waals surface area contributed by atoms with E-state index in [1.54, 1.807) is 0 Å². The van der Waals surface area contributed by atoms with Crippen molar-refractivity contribution in [1.82, 2.24) is 0 Å². The van der Waals surface area contributed by atoms with Gasteiger partial charge in [-0.3, -0.25) is 14.4 Å². The number of carbonyl (C=O) groups excluding carboxylic acids is 3. The highest BCUT2D eigenvalue weighted by Gasteiger charge is 2.19. The second-order valence-electron chi connectivity index (χ2n) is 19.6. The molecule has 0 aliphatic carbocycles. The fourth-order valence-corrected chi connectivity index (χ4v) is 8.47. The van der Waals surface area contributed by atoms with Crippen molar-refractivity contribution in [3.8, 4) is 0 Å². The molecule has 0 saturated carbocycles. The summed E-state index contributed by atoms with van der Waals surface area (Å²) in [4.78, 5) is 38.1. The normalized spacial score (nSPS) is 12.2. The predicted octanol–water partition coefficient (Wildman–Crippen LogP) is 19.3. The lowest BCUT2D eigenvalue weighted by Crippen LogP contribution is -2.30. The molecule has 0 aromatic heterocycles. The molecule has 386 valence electrons. The van der Waals surface area contributed by atoms with Crippen LogP contribution in [-0.4, -0.2) is 37.2 Å². The second-order valence-corrected chi connectivity index (χ2v) is 19.6. The van der Waals surface area contributed by atoms with Gasteiger partial charge in [0, 0.05) is 19.3 Å². The van der Waals surface area contributed by atoms with Crippen LogP contribution in [0.4, 0.5) is 0 Å². The van der Waals surface area contributed by atoms with E-state index in [-0.39, 0.29) is 31.1 Å². The summed E-state index contributed by atoms with van der Waals surface area (Å²) < 4.78 is 16.9. The van der Waals surface area contributed by atoms with E-state index in [0.717, 1.165) is 70.6 Å². The number of carbonyl (C=O) groups is 3. The van der Waals surface area contributed by atoms with Crippen molar-refractivity contribution >= 4 is 17.9 Å². The monoisotopic (exact) mass is 927 g/mol. The Labute approximate surface area is 410 Å². The van der Waals surface area contributed by atoms with Gasteiger partial charge in [0.25, 0.3) is 0 Å². The van der Waals surface area contributed by atoms with E-state index < -0.39 is 6.10 Å². The van der Waals surface area contributed by atoms with Crippen LogP contribution < -0.4 is 0 Å². The first-order valence-corrected chi connectivity index (χ1v) is 29.0. The fraction of sp³-hybridized carbons (Fsp3) is 0.850. The van der Waals surface area contributed by atoms with Gasteiger partial charge in [0.1, 0.15) is 13.2 Å². The van der Waals surface area contributed by atoms with E-state index >= 15 is 0 Å². The predicted molar refractivity (Wildman–Crippen MR) is 284 cm³/mol. The topological polar surface area (TPSA) is 78.9 Å². The molecule has 0 unspecified atom stereocenters. The smallest absolute Gasteiger partial charge is 0.306 e. The molecular weight excluding hydrogens is 817 g/mol. The van der Waals surface area contributed by atoms with Crippen LogP contribution in [0.2, 0.25) is 0 Å². The Bertz CT molecular complexity index is 1110. The summed E-state index contributed by atoms with van der Waals surface area (Å²) in [5.74, 6) is -0.869. The highest BCUT2D eigenvalue weighted by molar-refractivity contribution is 5.71. The third kappa shape index (κ3) is 52.6. The number of rotatable bonds is 53. The van der Waals surface area contributed by atoms with Gasteiger partial charge in [0.15, 0.2) is 6.10 Å². The molecule has 0 heterocycles. The molecule has 0 aromatic rings. The van der Waals surface area contributed by atoms with E-state index in [2.05, 4.69) is 57.2 Å². The zero-order valence-corrected chi connectivity index (χ0v) is 44.2. The summed E-state index contributed by atoms with van der Waals surface area (Å²) in [6.45, 7) is 6.64. The highest BCUT2D eigenvalue weighted by atomic mass is 16.6. The molecule has 0 N–H and O–H groups in total. The highest BCUT2D eigenvalue weighted by Crippen LogP contribution is 2.16. The Hall–Kier alpha value is -2.37. The lowest BCUT2D eigenvalue weighted by molar-refractivity contribution is -0.167. The van der Waals surface area contributed by atoms with Crippen molar-refractivity contribution in [3.63, 3.8) is 0 Å². The Morgan fingerprint density at radius 1 is 0.303 bits per heavy atom.